The fourth-order valence-corrected chi connectivity index (χ4v) is 8.39. The molecule has 0 spiro atoms. The number of benzene rings is 1. The van der Waals surface area contributed by atoms with Gasteiger partial charge in [-0.05, 0) is 158 Å². The van der Waals surface area contributed by atoms with Crippen LogP contribution < -0.4 is 0 Å². The standard InChI is InChI=1S/C16H25N.2C15H24N2.5C2H6.2CH4/c1-16(2,3)15-9-11-17(12-10-15)13-14-7-5-4-6-8-14;2*1-12-7-9-14(10-8-12)17(3)13(2)15-6-4-5-11-16-15;5*1-2;;/h4-8,15H,9-13H2,1-3H3;2*4-6,11-14H,7-10H2,1-3H3;5*1-2H3;2*1H4. The molecule has 6 rings (SSSR count). The van der Waals surface area contributed by atoms with E-state index in [1.807, 2.05) is 93.8 Å². The van der Waals surface area contributed by atoms with E-state index in [1.54, 1.807) is 0 Å². The van der Waals surface area contributed by atoms with Crippen molar-refractivity contribution in [2.45, 2.75) is 227 Å². The van der Waals surface area contributed by atoms with Gasteiger partial charge in [-0.25, -0.2) is 0 Å². The molecule has 2 unspecified atom stereocenters. The number of piperidine rings is 1. The van der Waals surface area contributed by atoms with Crippen LogP contribution in [0.1, 0.15) is 226 Å². The number of pyridine rings is 2. The minimum atomic E-state index is 0. The molecule has 0 amide bonds. The Kier molecular flexibility index (Phi) is 43.5. The van der Waals surface area contributed by atoms with Crippen LogP contribution in [0.2, 0.25) is 0 Å². The monoisotopic (exact) mass is 878 g/mol. The van der Waals surface area contributed by atoms with E-state index in [0.29, 0.717) is 17.5 Å². The van der Waals surface area contributed by atoms with Gasteiger partial charge in [0.15, 0.2) is 0 Å². The molecular weight excluding hydrogens is 767 g/mol. The number of aromatic nitrogens is 2. The van der Waals surface area contributed by atoms with Crippen LogP contribution in [-0.4, -0.2) is 63.9 Å². The molecule has 3 aromatic rings. The topological polar surface area (TPSA) is 35.5 Å². The first kappa shape index (κ1) is 67.0. The van der Waals surface area contributed by atoms with Crippen molar-refractivity contribution in [1.82, 2.24) is 24.7 Å². The van der Waals surface area contributed by atoms with Crippen molar-refractivity contribution in [3.8, 4) is 0 Å². The average Bonchev–Trinajstić information content (AvgIpc) is 3.33. The second kappa shape index (κ2) is 40.9. The van der Waals surface area contributed by atoms with Crippen LogP contribution in [0.4, 0.5) is 0 Å². The zero-order valence-corrected chi connectivity index (χ0v) is 44.0. The van der Waals surface area contributed by atoms with Gasteiger partial charge in [-0.15, -0.1) is 0 Å². The van der Waals surface area contributed by atoms with E-state index in [9.17, 15) is 0 Å². The van der Waals surface area contributed by atoms with Crippen molar-refractivity contribution >= 4 is 0 Å². The summed E-state index contributed by atoms with van der Waals surface area (Å²) in [6.45, 7) is 40.1. The molecule has 2 aliphatic carbocycles. The Hall–Kier alpha value is -2.60. The van der Waals surface area contributed by atoms with Crippen LogP contribution in [0.5, 0.6) is 0 Å². The van der Waals surface area contributed by atoms with Gasteiger partial charge in [0.25, 0.3) is 0 Å². The van der Waals surface area contributed by atoms with E-state index in [4.69, 9.17) is 0 Å². The van der Waals surface area contributed by atoms with Gasteiger partial charge in [0.1, 0.15) is 0 Å². The normalized spacial score (nSPS) is 20.3. The highest BCUT2D eigenvalue weighted by Gasteiger charge is 2.29. The molecule has 2 atom stereocenters. The summed E-state index contributed by atoms with van der Waals surface area (Å²) < 4.78 is 0. The third kappa shape index (κ3) is 26.8. The second-order valence-corrected chi connectivity index (χ2v) is 17.4. The Bertz CT molecular complexity index is 1250. The number of rotatable bonds is 8. The first-order chi connectivity index (χ1) is 29.4. The van der Waals surface area contributed by atoms with Crippen molar-refractivity contribution in [3.05, 3.63) is 96.1 Å². The lowest BCUT2D eigenvalue weighted by Gasteiger charge is -2.38. The summed E-state index contributed by atoms with van der Waals surface area (Å²) in [5, 5.41) is 0. The van der Waals surface area contributed by atoms with Gasteiger partial charge in [0.05, 0.1) is 11.4 Å². The van der Waals surface area contributed by atoms with Crippen LogP contribution in [0, 0.1) is 23.2 Å². The van der Waals surface area contributed by atoms with Crippen molar-refractivity contribution in [3.63, 3.8) is 0 Å². The highest BCUT2D eigenvalue weighted by Crippen LogP contribution is 2.35. The third-order valence-corrected chi connectivity index (χ3v) is 12.6. The smallest absolute Gasteiger partial charge is 0.0572 e. The summed E-state index contributed by atoms with van der Waals surface area (Å²) in [6, 6.07) is 25.5. The lowest BCUT2D eigenvalue weighted by molar-refractivity contribution is 0.108. The van der Waals surface area contributed by atoms with E-state index in [-0.39, 0.29) is 14.9 Å². The molecule has 2 saturated carbocycles. The second-order valence-electron chi connectivity index (χ2n) is 17.4. The van der Waals surface area contributed by atoms with Crippen molar-refractivity contribution in [1.29, 1.82) is 0 Å². The molecule has 63 heavy (non-hydrogen) atoms. The number of hydrogen-bond acceptors (Lipinski definition) is 5. The van der Waals surface area contributed by atoms with Gasteiger partial charge in [-0.1, -0.05) is 161 Å². The maximum Gasteiger partial charge on any atom is 0.0572 e. The zero-order valence-electron chi connectivity index (χ0n) is 44.0. The molecule has 0 N–H and O–H groups in total. The van der Waals surface area contributed by atoms with Crippen molar-refractivity contribution in [2.24, 2.45) is 23.2 Å². The molecule has 3 aliphatic rings. The van der Waals surface area contributed by atoms with Gasteiger partial charge < -0.3 is 0 Å². The minimum Gasteiger partial charge on any atom is -0.299 e. The summed E-state index contributed by atoms with van der Waals surface area (Å²) in [6.07, 6.45) is 17.4. The Morgan fingerprint density at radius 1 is 0.524 bits per heavy atom. The first-order valence-electron chi connectivity index (χ1n) is 25.4. The van der Waals surface area contributed by atoms with Crippen LogP contribution >= 0.6 is 0 Å². The van der Waals surface area contributed by atoms with Gasteiger partial charge in [-0.2, -0.15) is 0 Å². The van der Waals surface area contributed by atoms with Crippen LogP contribution in [-0.2, 0) is 6.54 Å². The van der Waals surface area contributed by atoms with Gasteiger partial charge in [0.2, 0.25) is 0 Å². The third-order valence-electron chi connectivity index (χ3n) is 12.6. The molecule has 0 radical (unpaired) electrons. The average molecular weight is 879 g/mol. The summed E-state index contributed by atoms with van der Waals surface area (Å²) in [5.74, 6) is 2.74. The quantitative estimate of drug-likeness (QED) is 0.225. The number of hydrogen-bond donors (Lipinski definition) is 0. The molecule has 368 valence electrons. The van der Waals surface area contributed by atoms with Gasteiger partial charge in [0, 0.05) is 43.1 Å². The summed E-state index contributed by atoms with van der Waals surface area (Å²) in [7, 11) is 4.50. The fraction of sp³-hybridized carbons (Fsp3) is 0.724. The Balaban J connectivity index is -0.000000370. The highest BCUT2D eigenvalue weighted by molar-refractivity contribution is 5.14. The lowest BCUT2D eigenvalue weighted by atomic mass is 9.75. The Labute approximate surface area is 397 Å². The molecule has 3 fully saturated rings. The predicted molar refractivity (Wildman–Crippen MR) is 288 cm³/mol. The Morgan fingerprint density at radius 2 is 0.857 bits per heavy atom. The molecule has 5 heteroatoms. The number of likely N-dealkylation sites (tertiary alicyclic amines) is 1. The van der Waals surface area contributed by atoms with E-state index in [2.05, 4.69) is 142 Å². The van der Waals surface area contributed by atoms with E-state index >= 15 is 0 Å². The lowest BCUT2D eigenvalue weighted by Crippen LogP contribution is -2.37. The molecule has 1 aliphatic heterocycles. The molecule has 1 saturated heterocycles. The predicted octanol–water partition coefficient (Wildman–Crippen LogP) is 17.7. The molecule has 1 aromatic carbocycles. The van der Waals surface area contributed by atoms with Crippen molar-refractivity contribution < 1.29 is 0 Å². The fourth-order valence-electron chi connectivity index (χ4n) is 8.39. The zero-order chi connectivity index (χ0) is 46.8. The highest BCUT2D eigenvalue weighted by atomic mass is 15.2. The molecular formula is C58H111N5. The van der Waals surface area contributed by atoms with Crippen molar-refractivity contribution in [2.75, 3.05) is 27.2 Å². The summed E-state index contributed by atoms with van der Waals surface area (Å²) in [5.41, 5.74) is 4.31. The summed E-state index contributed by atoms with van der Waals surface area (Å²) >= 11 is 0. The van der Waals surface area contributed by atoms with E-state index < -0.39 is 0 Å². The largest absolute Gasteiger partial charge is 0.299 e. The molecule has 0 bridgehead atoms. The van der Waals surface area contributed by atoms with E-state index in [0.717, 1.165) is 36.4 Å². The Morgan fingerprint density at radius 3 is 1.16 bits per heavy atom. The number of nitrogens with zero attached hydrogens (tertiary/aromatic N) is 5. The van der Waals surface area contributed by atoms with E-state index in [1.165, 1.54) is 94.2 Å². The maximum atomic E-state index is 4.47. The maximum absolute atomic E-state index is 4.47. The van der Waals surface area contributed by atoms with Crippen LogP contribution in [0.25, 0.3) is 0 Å². The molecule has 3 heterocycles. The molecule has 5 nitrogen and oxygen atoms in total. The van der Waals surface area contributed by atoms with Crippen LogP contribution in [0.15, 0.2) is 79.1 Å². The minimum absolute atomic E-state index is 0. The van der Waals surface area contributed by atoms with Crippen LogP contribution in [0.3, 0.4) is 0 Å². The molecule has 2 aromatic heterocycles. The van der Waals surface area contributed by atoms with Gasteiger partial charge >= 0.3 is 0 Å². The summed E-state index contributed by atoms with van der Waals surface area (Å²) in [4.78, 5) is 16.5. The SMILES string of the molecule is C.C.CC.CC.CC.CC.CC.CC(C)(C)C1CCN(Cc2ccccc2)CC1.CC1CCC(N(C)C(C)c2ccccn2)CC1.CC1CCC(N(C)C(C)c2ccccn2)CC1. The van der Waals surface area contributed by atoms with Gasteiger partial charge in [-0.3, -0.25) is 24.7 Å². The first-order valence-corrected chi connectivity index (χ1v) is 25.4.